The van der Waals surface area contributed by atoms with Crippen LogP contribution in [0.1, 0.15) is 42.6 Å². The van der Waals surface area contributed by atoms with Gasteiger partial charge < -0.3 is 10.2 Å². The Hall–Kier alpha value is -3.57. The van der Waals surface area contributed by atoms with Gasteiger partial charge in [0.25, 0.3) is 0 Å². The van der Waals surface area contributed by atoms with Crippen LogP contribution in [0.2, 0.25) is 0 Å². The predicted octanol–water partition coefficient (Wildman–Crippen LogP) is 7.76. The van der Waals surface area contributed by atoms with Gasteiger partial charge in [-0.15, -0.1) is 0 Å². The molecule has 0 bridgehead atoms. The Balaban J connectivity index is 1.45. The number of aliphatic hydroxyl groups is 1. The molecular weight excluding hydrogens is 449 g/mol. The van der Waals surface area contributed by atoms with Crippen LogP contribution in [0.5, 0.6) is 5.75 Å². The summed E-state index contributed by atoms with van der Waals surface area (Å²) in [5.74, 6) is -2.81. The Morgan fingerprint density at radius 2 is 1.37 bits per heavy atom. The van der Waals surface area contributed by atoms with Crippen LogP contribution in [-0.2, 0) is 12.8 Å². The van der Waals surface area contributed by atoms with E-state index in [9.17, 15) is 23.4 Å². The van der Waals surface area contributed by atoms with Gasteiger partial charge in [-0.25, -0.2) is 13.2 Å². The molecule has 2 nitrogen and oxygen atoms in total. The second kappa shape index (κ2) is 10.8. The van der Waals surface area contributed by atoms with Gasteiger partial charge in [-0.2, -0.15) is 0 Å². The number of halogens is 3. The number of benzene rings is 4. The Labute approximate surface area is 203 Å². The van der Waals surface area contributed by atoms with Gasteiger partial charge >= 0.3 is 0 Å². The van der Waals surface area contributed by atoms with Crippen LogP contribution in [0, 0.1) is 17.5 Å². The monoisotopic (exact) mass is 476 g/mol. The summed E-state index contributed by atoms with van der Waals surface area (Å²) in [7, 11) is 0. The molecule has 4 aromatic carbocycles. The summed E-state index contributed by atoms with van der Waals surface area (Å²) < 4.78 is 43.3. The molecule has 0 spiro atoms. The molecule has 0 saturated heterocycles. The topological polar surface area (TPSA) is 40.5 Å². The third kappa shape index (κ3) is 5.57. The van der Waals surface area contributed by atoms with Crippen molar-refractivity contribution in [2.24, 2.45) is 0 Å². The fourth-order valence-electron chi connectivity index (χ4n) is 4.16. The van der Waals surface area contributed by atoms with Gasteiger partial charge in [0.1, 0.15) is 0 Å². The Bertz CT molecular complexity index is 1300. The molecule has 2 N–H and O–H groups in total. The Morgan fingerprint density at radius 1 is 0.714 bits per heavy atom. The normalized spacial score (nSPS) is 12.0. The number of aryl methyl sites for hydroxylation is 2. The molecular formula is C30H27F3O2. The summed E-state index contributed by atoms with van der Waals surface area (Å²) >= 11 is 0. The standard InChI is InChI=1S/C30H27F3O2/c1-2-3-27(34)22-12-10-21(11-13-22)25-16-14-23(29(32)30(25)33)9-6-19-4-7-20(8-5-19)24-15-17-28(35)26(31)18-24/h4-5,7-8,10-18,27,34-35H,2-3,6,9H2,1H3. The maximum Gasteiger partial charge on any atom is 0.166 e. The fraction of sp³-hybridized carbons (Fsp3) is 0.200. The van der Waals surface area contributed by atoms with Crippen molar-refractivity contribution in [2.45, 2.75) is 38.7 Å². The molecule has 0 saturated carbocycles. The first-order chi connectivity index (χ1) is 16.9. The highest BCUT2D eigenvalue weighted by molar-refractivity contribution is 5.66. The summed E-state index contributed by atoms with van der Waals surface area (Å²) in [5, 5.41) is 19.4. The molecule has 35 heavy (non-hydrogen) atoms. The van der Waals surface area contributed by atoms with Crippen LogP contribution in [-0.4, -0.2) is 10.2 Å². The largest absolute Gasteiger partial charge is 0.505 e. The molecule has 1 atom stereocenters. The zero-order valence-corrected chi connectivity index (χ0v) is 19.4. The molecule has 0 aromatic heterocycles. The summed E-state index contributed by atoms with van der Waals surface area (Å²) in [4.78, 5) is 0. The second-order valence-electron chi connectivity index (χ2n) is 8.69. The minimum Gasteiger partial charge on any atom is -0.505 e. The van der Waals surface area contributed by atoms with Crippen molar-refractivity contribution in [2.75, 3.05) is 0 Å². The van der Waals surface area contributed by atoms with E-state index in [1.807, 2.05) is 31.2 Å². The molecule has 0 amide bonds. The van der Waals surface area contributed by atoms with Crippen LogP contribution in [0.4, 0.5) is 13.2 Å². The first-order valence-electron chi connectivity index (χ1n) is 11.7. The van der Waals surface area contributed by atoms with Crippen molar-refractivity contribution in [3.05, 3.63) is 113 Å². The van der Waals surface area contributed by atoms with Crippen LogP contribution >= 0.6 is 0 Å². The maximum atomic E-state index is 14.9. The molecule has 0 aliphatic rings. The van der Waals surface area contributed by atoms with E-state index in [1.54, 1.807) is 42.5 Å². The van der Waals surface area contributed by atoms with Crippen LogP contribution < -0.4 is 0 Å². The Morgan fingerprint density at radius 3 is 2.03 bits per heavy atom. The van der Waals surface area contributed by atoms with E-state index >= 15 is 0 Å². The smallest absolute Gasteiger partial charge is 0.166 e. The third-order valence-corrected chi connectivity index (χ3v) is 6.25. The maximum absolute atomic E-state index is 14.9. The summed E-state index contributed by atoms with van der Waals surface area (Å²) in [6, 6.07) is 21.7. The predicted molar refractivity (Wildman–Crippen MR) is 133 cm³/mol. The number of hydrogen-bond acceptors (Lipinski definition) is 2. The van der Waals surface area contributed by atoms with Gasteiger partial charge in [-0.3, -0.25) is 0 Å². The molecule has 0 radical (unpaired) electrons. The quantitative estimate of drug-likeness (QED) is 0.273. The van der Waals surface area contributed by atoms with Crippen molar-refractivity contribution in [3.63, 3.8) is 0 Å². The molecule has 1 unspecified atom stereocenters. The van der Waals surface area contributed by atoms with Crippen molar-refractivity contribution >= 4 is 0 Å². The lowest BCUT2D eigenvalue weighted by Gasteiger charge is -2.12. The highest BCUT2D eigenvalue weighted by atomic mass is 19.2. The van der Waals surface area contributed by atoms with Gasteiger partial charge in [0.15, 0.2) is 23.2 Å². The van der Waals surface area contributed by atoms with Gasteiger partial charge in [-0.1, -0.05) is 80.1 Å². The number of aliphatic hydroxyl groups excluding tert-OH is 1. The van der Waals surface area contributed by atoms with E-state index in [0.717, 1.165) is 23.1 Å². The van der Waals surface area contributed by atoms with Gasteiger partial charge in [-0.05, 0) is 64.8 Å². The fourth-order valence-corrected chi connectivity index (χ4v) is 4.16. The van der Waals surface area contributed by atoms with Crippen LogP contribution in [0.3, 0.4) is 0 Å². The summed E-state index contributed by atoms with van der Waals surface area (Å²) in [6.07, 6.45) is 1.79. The SMILES string of the molecule is CCCC(O)c1ccc(-c2ccc(CCc3ccc(-c4ccc(O)c(F)c4)cc3)c(F)c2F)cc1. The molecule has 0 aliphatic heterocycles. The van der Waals surface area contributed by atoms with E-state index < -0.39 is 29.3 Å². The lowest BCUT2D eigenvalue weighted by Crippen LogP contribution is -2.00. The number of hydrogen-bond donors (Lipinski definition) is 2. The van der Waals surface area contributed by atoms with Gasteiger partial charge in [0.05, 0.1) is 6.10 Å². The first kappa shape index (κ1) is 24.6. The van der Waals surface area contributed by atoms with E-state index in [-0.39, 0.29) is 5.56 Å². The molecule has 0 heterocycles. The molecule has 4 aromatic rings. The van der Waals surface area contributed by atoms with Crippen molar-refractivity contribution in [3.8, 4) is 28.0 Å². The number of rotatable bonds is 8. The Kier molecular flexibility index (Phi) is 7.57. The highest BCUT2D eigenvalue weighted by Crippen LogP contribution is 2.29. The van der Waals surface area contributed by atoms with E-state index in [4.69, 9.17) is 0 Å². The molecule has 5 heteroatoms. The average Bonchev–Trinajstić information content (AvgIpc) is 2.87. The van der Waals surface area contributed by atoms with Crippen molar-refractivity contribution < 1.29 is 23.4 Å². The zero-order chi connectivity index (χ0) is 24.9. The lowest BCUT2D eigenvalue weighted by molar-refractivity contribution is 0.166. The zero-order valence-electron chi connectivity index (χ0n) is 19.4. The third-order valence-electron chi connectivity index (χ3n) is 6.25. The lowest BCUT2D eigenvalue weighted by atomic mass is 9.96. The molecule has 0 aliphatic carbocycles. The second-order valence-corrected chi connectivity index (χ2v) is 8.69. The molecule has 4 rings (SSSR count). The molecule has 0 fully saturated rings. The average molecular weight is 477 g/mol. The highest BCUT2D eigenvalue weighted by Gasteiger charge is 2.15. The van der Waals surface area contributed by atoms with E-state index in [2.05, 4.69) is 0 Å². The van der Waals surface area contributed by atoms with E-state index in [0.29, 0.717) is 36.0 Å². The summed E-state index contributed by atoms with van der Waals surface area (Å²) in [5.41, 5.74) is 4.18. The minimum absolute atomic E-state index is 0.188. The van der Waals surface area contributed by atoms with Crippen molar-refractivity contribution in [1.29, 1.82) is 0 Å². The summed E-state index contributed by atoms with van der Waals surface area (Å²) in [6.45, 7) is 1.99. The number of aromatic hydroxyl groups is 1. The van der Waals surface area contributed by atoms with Crippen LogP contribution in [0.15, 0.2) is 78.9 Å². The van der Waals surface area contributed by atoms with Gasteiger partial charge in [0.2, 0.25) is 0 Å². The van der Waals surface area contributed by atoms with Gasteiger partial charge in [0, 0.05) is 5.56 Å². The van der Waals surface area contributed by atoms with Crippen molar-refractivity contribution in [1.82, 2.24) is 0 Å². The van der Waals surface area contributed by atoms with Crippen LogP contribution in [0.25, 0.3) is 22.3 Å². The number of phenols is 1. The minimum atomic E-state index is -0.880. The van der Waals surface area contributed by atoms with E-state index in [1.165, 1.54) is 12.1 Å². The first-order valence-corrected chi connectivity index (χ1v) is 11.7. The number of phenolic OH excluding ortho intramolecular Hbond substituents is 1. The molecule has 180 valence electrons.